The van der Waals surface area contributed by atoms with E-state index in [2.05, 4.69) is 9.97 Å². The lowest BCUT2D eigenvalue weighted by Gasteiger charge is -1.99. The van der Waals surface area contributed by atoms with Crippen LogP contribution in [0.4, 0.5) is 0 Å². The molecule has 0 spiro atoms. The zero-order valence-electron chi connectivity index (χ0n) is 6.57. The van der Waals surface area contributed by atoms with E-state index >= 15 is 0 Å². The van der Waals surface area contributed by atoms with Crippen LogP contribution >= 0.6 is 0 Å². The number of hydrogen-bond acceptors (Lipinski definition) is 2. The van der Waals surface area contributed by atoms with Gasteiger partial charge in [0, 0.05) is 5.69 Å². The van der Waals surface area contributed by atoms with Crippen LogP contribution in [-0.2, 0) is 0 Å². The highest BCUT2D eigenvalue weighted by Gasteiger charge is 1.97. The zero-order valence-corrected chi connectivity index (χ0v) is 6.57. The summed E-state index contributed by atoms with van der Waals surface area (Å²) in [5.41, 5.74) is 2.14. The Bertz CT molecular complexity index is 389. The fraction of sp³-hybridized carbons (Fsp3) is 0.250. The standard InChI is InChI=1S/C8H9N3/c1-6-3-8-4-9-5-11(8)7(2)10-6/h3-5H,1-2H3. The second-order valence-corrected chi connectivity index (χ2v) is 2.63. The molecule has 3 nitrogen and oxygen atoms in total. The van der Waals surface area contributed by atoms with Crippen molar-refractivity contribution in [3.63, 3.8) is 0 Å². The summed E-state index contributed by atoms with van der Waals surface area (Å²) in [6, 6.07) is 2.01. The van der Waals surface area contributed by atoms with Crippen molar-refractivity contribution in [2.45, 2.75) is 13.8 Å². The molecule has 0 saturated heterocycles. The Labute approximate surface area is 64.7 Å². The van der Waals surface area contributed by atoms with Crippen LogP contribution in [0, 0.1) is 13.8 Å². The van der Waals surface area contributed by atoms with Gasteiger partial charge in [0.25, 0.3) is 0 Å². The normalized spacial score (nSPS) is 10.7. The summed E-state index contributed by atoms with van der Waals surface area (Å²) in [6.07, 6.45) is 3.61. The van der Waals surface area contributed by atoms with Gasteiger partial charge in [-0.25, -0.2) is 9.97 Å². The van der Waals surface area contributed by atoms with Crippen molar-refractivity contribution in [3.8, 4) is 0 Å². The molecule has 0 aliphatic heterocycles. The zero-order chi connectivity index (χ0) is 7.84. The van der Waals surface area contributed by atoms with Crippen molar-refractivity contribution >= 4 is 5.52 Å². The molecule has 0 radical (unpaired) electrons. The molecule has 0 atom stereocenters. The topological polar surface area (TPSA) is 30.2 Å². The maximum absolute atomic E-state index is 4.30. The van der Waals surface area contributed by atoms with E-state index in [9.17, 15) is 0 Å². The van der Waals surface area contributed by atoms with Gasteiger partial charge >= 0.3 is 0 Å². The summed E-state index contributed by atoms with van der Waals surface area (Å²) in [7, 11) is 0. The maximum Gasteiger partial charge on any atom is 0.111 e. The Morgan fingerprint density at radius 1 is 1.36 bits per heavy atom. The van der Waals surface area contributed by atoms with E-state index in [1.54, 1.807) is 6.33 Å². The van der Waals surface area contributed by atoms with Gasteiger partial charge in [-0.1, -0.05) is 0 Å². The molecule has 0 fully saturated rings. The number of aromatic nitrogens is 3. The van der Waals surface area contributed by atoms with Gasteiger partial charge in [0.15, 0.2) is 0 Å². The average molecular weight is 147 g/mol. The fourth-order valence-electron chi connectivity index (χ4n) is 1.24. The van der Waals surface area contributed by atoms with Gasteiger partial charge in [-0.15, -0.1) is 0 Å². The molecule has 0 aromatic carbocycles. The van der Waals surface area contributed by atoms with Gasteiger partial charge in [0.1, 0.15) is 12.2 Å². The lowest BCUT2D eigenvalue weighted by molar-refractivity contribution is 0.956. The van der Waals surface area contributed by atoms with Crippen molar-refractivity contribution in [1.82, 2.24) is 14.4 Å². The number of hydrogen-bond donors (Lipinski definition) is 0. The molecule has 0 amide bonds. The van der Waals surface area contributed by atoms with Crippen LogP contribution in [0.25, 0.3) is 5.52 Å². The Balaban J connectivity index is 2.91. The van der Waals surface area contributed by atoms with Crippen LogP contribution < -0.4 is 0 Å². The predicted octanol–water partition coefficient (Wildman–Crippen LogP) is 1.35. The van der Waals surface area contributed by atoms with Crippen molar-refractivity contribution in [3.05, 3.63) is 30.1 Å². The summed E-state index contributed by atoms with van der Waals surface area (Å²) in [4.78, 5) is 8.32. The first-order chi connectivity index (χ1) is 5.27. The summed E-state index contributed by atoms with van der Waals surface area (Å²) in [5.74, 6) is 0.984. The van der Waals surface area contributed by atoms with Crippen LogP contribution in [0.1, 0.15) is 11.5 Å². The van der Waals surface area contributed by atoms with E-state index in [4.69, 9.17) is 0 Å². The number of nitrogens with zero attached hydrogens (tertiary/aromatic N) is 3. The molecule has 11 heavy (non-hydrogen) atoms. The van der Waals surface area contributed by atoms with E-state index in [1.165, 1.54) is 0 Å². The quantitative estimate of drug-likeness (QED) is 0.563. The SMILES string of the molecule is Cc1cc2cncn2c(C)n1. The molecule has 0 unspecified atom stereocenters. The van der Waals surface area contributed by atoms with Gasteiger partial charge in [-0.2, -0.15) is 0 Å². The monoisotopic (exact) mass is 147 g/mol. The van der Waals surface area contributed by atoms with E-state index in [1.807, 2.05) is 30.5 Å². The number of fused-ring (bicyclic) bond motifs is 1. The van der Waals surface area contributed by atoms with E-state index in [-0.39, 0.29) is 0 Å². The summed E-state index contributed by atoms with van der Waals surface area (Å²) >= 11 is 0. The maximum atomic E-state index is 4.30. The van der Waals surface area contributed by atoms with Crippen LogP contribution in [-0.4, -0.2) is 14.4 Å². The minimum Gasteiger partial charge on any atom is -0.287 e. The third-order valence-corrected chi connectivity index (χ3v) is 1.71. The highest BCUT2D eigenvalue weighted by Crippen LogP contribution is 2.05. The Kier molecular flexibility index (Phi) is 1.18. The predicted molar refractivity (Wildman–Crippen MR) is 42.5 cm³/mol. The molecular formula is C8H9N3. The molecule has 0 saturated carbocycles. The summed E-state index contributed by atoms with van der Waals surface area (Å²) in [6.45, 7) is 3.96. The van der Waals surface area contributed by atoms with Gasteiger partial charge in [-0.05, 0) is 19.9 Å². The first-order valence-electron chi connectivity index (χ1n) is 3.54. The first-order valence-corrected chi connectivity index (χ1v) is 3.54. The lowest BCUT2D eigenvalue weighted by atomic mass is 10.4. The van der Waals surface area contributed by atoms with Crippen molar-refractivity contribution in [2.75, 3.05) is 0 Å². The van der Waals surface area contributed by atoms with Crippen LogP contribution in [0.15, 0.2) is 18.6 Å². The molecule has 2 aromatic heterocycles. The first kappa shape index (κ1) is 6.34. The third kappa shape index (κ3) is 0.888. The third-order valence-electron chi connectivity index (χ3n) is 1.71. The fourth-order valence-corrected chi connectivity index (χ4v) is 1.24. The molecule has 0 aliphatic rings. The molecule has 0 bridgehead atoms. The molecule has 0 aliphatic carbocycles. The highest BCUT2D eigenvalue weighted by atomic mass is 15.0. The molecule has 3 heteroatoms. The number of aryl methyl sites for hydroxylation is 2. The van der Waals surface area contributed by atoms with Crippen LogP contribution in [0.2, 0.25) is 0 Å². The van der Waals surface area contributed by atoms with Gasteiger partial charge in [-0.3, -0.25) is 4.40 Å². The van der Waals surface area contributed by atoms with E-state index in [0.717, 1.165) is 17.0 Å². The van der Waals surface area contributed by atoms with Gasteiger partial charge in [0.05, 0.1) is 11.7 Å². The minimum atomic E-state index is 0.984. The Hall–Kier alpha value is -1.38. The molecule has 56 valence electrons. The summed E-state index contributed by atoms with van der Waals surface area (Å²) in [5, 5.41) is 0. The average Bonchev–Trinajstić information content (AvgIpc) is 2.34. The Morgan fingerprint density at radius 3 is 3.00 bits per heavy atom. The van der Waals surface area contributed by atoms with Crippen LogP contribution in [0.3, 0.4) is 0 Å². The molecular weight excluding hydrogens is 138 g/mol. The van der Waals surface area contributed by atoms with Crippen molar-refractivity contribution < 1.29 is 0 Å². The van der Waals surface area contributed by atoms with Crippen LogP contribution in [0.5, 0.6) is 0 Å². The molecule has 2 aromatic rings. The largest absolute Gasteiger partial charge is 0.287 e. The van der Waals surface area contributed by atoms with E-state index < -0.39 is 0 Å². The minimum absolute atomic E-state index is 0.984. The van der Waals surface area contributed by atoms with Gasteiger partial charge in [0.2, 0.25) is 0 Å². The number of rotatable bonds is 0. The molecule has 2 heterocycles. The second kappa shape index (κ2) is 2.05. The van der Waals surface area contributed by atoms with Crippen molar-refractivity contribution in [2.24, 2.45) is 0 Å². The number of imidazole rings is 1. The lowest BCUT2D eigenvalue weighted by Crippen LogP contribution is -1.94. The Morgan fingerprint density at radius 2 is 2.18 bits per heavy atom. The van der Waals surface area contributed by atoms with E-state index in [0.29, 0.717) is 0 Å². The van der Waals surface area contributed by atoms with Gasteiger partial charge < -0.3 is 0 Å². The highest BCUT2D eigenvalue weighted by molar-refractivity contribution is 5.45. The van der Waals surface area contributed by atoms with Crippen molar-refractivity contribution in [1.29, 1.82) is 0 Å². The molecule has 0 N–H and O–H groups in total. The molecule has 2 rings (SSSR count). The summed E-state index contributed by atoms with van der Waals surface area (Å²) < 4.78 is 1.97. The smallest absolute Gasteiger partial charge is 0.111 e. The second-order valence-electron chi connectivity index (χ2n) is 2.63.